The fourth-order valence-corrected chi connectivity index (χ4v) is 7.49. The van der Waals surface area contributed by atoms with Gasteiger partial charge in [-0.25, -0.2) is 0 Å². The molecule has 0 aromatic heterocycles. The Bertz CT molecular complexity index is 722. The van der Waals surface area contributed by atoms with E-state index in [9.17, 15) is 14.4 Å². The van der Waals surface area contributed by atoms with Gasteiger partial charge in [-0.1, -0.05) is 19.4 Å². The van der Waals surface area contributed by atoms with Gasteiger partial charge < -0.3 is 4.74 Å². The van der Waals surface area contributed by atoms with Crippen molar-refractivity contribution in [2.45, 2.75) is 78.7 Å². The monoisotopic (exact) mass is 372 g/mol. The molecule has 3 fully saturated rings. The van der Waals surface area contributed by atoms with Gasteiger partial charge in [0.15, 0.2) is 0 Å². The molecule has 0 heterocycles. The second-order valence-corrected chi connectivity index (χ2v) is 9.97. The van der Waals surface area contributed by atoms with Crippen molar-refractivity contribution in [1.82, 2.24) is 0 Å². The summed E-state index contributed by atoms with van der Waals surface area (Å²) >= 11 is 0. The lowest BCUT2D eigenvalue weighted by atomic mass is 9.46. The van der Waals surface area contributed by atoms with Crippen molar-refractivity contribution in [2.75, 3.05) is 0 Å². The maximum Gasteiger partial charge on any atom is 0.303 e. The van der Waals surface area contributed by atoms with Gasteiger partial charge in [0.1, 0.15) is 17.7 Å². The molecule has 0 amide bonds. The molecule has 4 rings (SSSR count). The topological polar surface area (TPSA) is 60.4 Å². The van der Waals surface area contributed by atoms with Gasteiger partial charge in [-0.2, -0.15) is 0 Å². The quantitative estimate of drug-likeness (QED) is 0.537. The number of hydrogen-bond acceptors (Lipinski definition) is 4. The first-order valence-corrected chi connectivity index (χ1v) is 10.6. The van der Waals surface area contributed by atoms with Crippen molar-refractivity contribution >= 4 is 17.5 Å². The van der Waals surface area contributed by atoms with Crippen LogP contribution in [0.15, 0.2) is 11.6 Å². The van der Waals surface area contributed by atoms with Crippen LogP contribution in [0.3, 0.4) is 0 Å². The Morgan fingerprint density at radius 2 is 1.85 bits per heavy atom. The molecule has 0 radical (unpaired) electrons. The van der Waals surface area contributed by atoms with Crippen LogP contribution in [0.5, 0.6) is 0 Å². The molecule has 7 atom stereocenters. The van der Waals surface area contributed by atoms with Crippen LogP contribution in [0.4, 0.5) is 0 Å². The summed E-state index contributed by atoms with van der Waals surface area (Å²) in [6, 6.07) is 0. The van der Waals surface area contributed by atoms with Gasteiger partial charge in [0, 0.05) is 25.2 Å². The van der Waals surface area contributed by atoms with Gasteiger partial charge in [-0.05, 0) is 74.2 Å². The maximum absolute atomic E-state index is 13.4. The van der Waals surface area contributed by atoms with E-state index in [1.807, 2.05) is 0 Å². The van der Waals surface area contributed by atoms with Gasteiger partial charge >= 0.3 is 5.97 Å². The number of esters is 1. The normalized spacial score (nSPS) is 46.0. The maximum atomic E-state index is 13.4. The number of rotatable bonds is 2. The number of hydrogen-bond donors (Lipinski definition) is 0. The van der Waals surface area contributed by atoms with Gasteiger partial charge in [-0.15, -0.1) is 0 Å². The van der Waals surface area contributed by atoms with E-state index >= 15 is 0 Å². The van der Waals surface area contributed by atoms with Crippen molar-refractivity contribution in [2.24, 2.45) is 34.5 Å². The van der Waals surface area contributed by atoms with Gasteiger partial charge in [0.2, 0.25) is 0 Å². The summed E-state index contributed by atoms with van der Waals surface area (Å²) in [5.74, 6) is 1.39. The molecule has 3 saturated carbocycles. The third-order valence-electron chi connectivity index (χ3n) is 8.57. The minimum atomic E-state index is -0.236. The zero-order valence-corrected chi connectivity index (χ0v) is 17.0. The highest BCUT2D eigenvalue weighted by Gasteiger charge is 2.62. The molecule has 148 valence electrons. The molecular formula is C23H32O4. The van der Waals surface area contributed by atoms with Crippen molar-refractivity contribution in [3.63, 3.8) is 0 Å². The smallest absolute Gasteiger partial charge is 0.303 e. The molecule has 4 nitrogen and oxygen atoms in total. The van der Waals surface area contributed by atoms with E-state index in [1.54, 1.807) is 6.92 Å². The van der Waals surface area contributed by atoms with Crippen molar-refractivity contribution in [3.8, 4) is 0 Å². The van der Waals surface area contributed by atoms with Crippen LogP contribution in [0.2, 0.25) is 0 Å². The highest BCUT2D eigenvalue weighted by Crippen LogP contribution is 2.65. The van der Waals surface area contributed by atoms with Crippen LogP contribution in [0.1, 0.15) is 72.6 Å². The molecular weight excluding hydrogens is 340 g/mol. The predicted molar refractivity (Wildman–Crippen MR) is 102 cm³/mol. The molecule has 0 unspecified atom stereocenters. The van der Waals surface area contributed by atoms with Gasteiger partial charge in [0.25, 0.3) is 0 Å². The molecule has 4 heteroatoms. The highest BCUT2D eigenvalue weighted by molar-refractivity contribution is 5.87. The van der Waals surface area contributed by atoms with E-state index in [1.165, 1.54) is 12.5 Å². The predicted octanol–water partition coefficient (Wildman–Crippen LogP) is 4.27. The number of Topliss-reactive ketones (excluding diaryl/α,β-unsaturated/α-hetero) is 2. The fraction of sp³-hybridized carbons (Fsp3) is 0.783. The standard InChI is InChI=1S/C23H32O4/c1-13(24)18-7-8-19-17-6-5-15-11-16(27-14(2)25)9-10-22(15,3)21(17)20(26)12-23(18,19)4/h11,16-19,21H,5-10,12H2,1-4H3/t16-,17+,18-,19+,21-,22+,23-/m1/s1. The highest BCUT2D eigenvalue weighted by atomic mass is 16.5. The average molecular weight is 373 g/mol. The van der Waals surface area contributed by atoms with Crippen LogP contribution >= 0.6 is 0 Å². The van der Waals surface area contributed by atoms with E-state index < -0.39 is 0 Å². The fourth-order valence-electron chi connectivity index (χ4n) is 7.49. The zero-order valence-electron chi connectivity index (χ0n) is 17.0. The number of allylic oxidation sites excluding steroid dienone is 1. The summed E-state index contributed by atoms with van der Waals surface area (Å²) < 4.78 is 5.44. The molecule has 0 bridgehead atoms. The molecule has 4 aliphatic carbocycles. The molecule has 0 spiro atoms. The Morgan fingerprint density at radius 3 is 2.52 bits per heavy atom. The number of ether oxygens (including phenoxy) is 1. The Morgan fingerprint density at radius 1 is 1.11 bits per heavy atom. The first kappa shape index (κ1) is 18.9. The second-order valence-electron chi connectivity index (χ2n) is 9.97. The Labute approximate surface area is 162 Å². The van der Waals surface area contributed by atoms with E-state index in [0.717, 1.165) is 38.5 Å². The molecule has 0 aliphatic heterocycles. The second kappa shape index (κ2) is 6.28. The van der Waals surface area contributed by atoms with E-state index in [4.69, 9.17) is 4.74 Å². The number of fused-ring (bicyclic) bond motifs is 5. The summed E-state index contributed by atoms with van der Waals surface area (Å²) in [5, 5.41) is 0. The Hall–Kier alpha value is -1.45. The summed E-state index contributed by atoms with van der Waals surface area (Å²) in [5.41, 5.74) is 1.07. The first-order valence-electron chi connectivity index (χ1n) is 10.6. The van der Waals surface area contributed by atoms with Gasteiger partial charge in [-0.3, -0.25) is 14.4 Å². The zero-order chi connectivity index (χ0) is 19.6. The molecule has 0 saturated heterocycles. The molecule has 4 aliphatic rings. The van der Waals surface area contributed by atoms with E-state index in [-0.39, 0.29) is 40.5 Å². The summed E-state index contributed by atoms with van der Waals surface area (Å²) in [4.78, 5) is 37.0. The summed E-state index contributed by atoms with van der Waals surface area (Å²) in [6.07, 6.45) is 8.29. The third-order valence-corrected chi connectivity index (χ3v) is 8.57. The minimum absolute atomic E-state index is 0.0526. The van der Waals surface area contributed by atoms with Crippen LogP contribution in [0, 0.1) is 34.5 Å². The summed E-state index contributed by atoms with van der Waals surface area (Å²) in [6.45, 7) is 7.63. The number of carbonyl (C=O) groups excluding carboxylic acids is 3. The lowest BCUT2D eigenvalue weighted by Crippen LogP contribution is -2.55. The van der Waals surface area contributed by atoms with Crippen LogP contribution < -0.4 is 0 Å². The Balaban J connectivity index is 1.66. The molecule has 0 N–H and O–H groups in total. The van der Waals surface area contributed by atoms with Crippen LogP contribution in [0.25, 0.3) is 0 Å². The Kier molecular flexibility index (Phi) is 4.40. The molecule has 0 aromatic carbocycles. The molecule has 27 heavy (non-hydrogen) atoms. The third kappa shape index (κ3) is 2.74. The number of ketones is 2. The van der Waals surface area contributed by atoms with Crippen molar-refractivity contribution in [1.29, 1.82) is 0 Å². The van der Waals surface area contributed by atoms with E-state index in [2.05, 4.69) is 19.9 Å². The molecule has 0 aromatic rings. The SMILES string of the molecule is CC(=O)O[C@H]1C=C2CC[C@H]3[C@@H]4CC[C@H](C(C)=O)[C@@]4(C)CC(=O)[C@@H]3[C@@]2(C)CC1. The summed E-state index contributed by atoms with van der Waals surface area (Å²) in [7, 11) is 0. The largest absolute Gasteiger partial charge is 0.458 e. The lowest BCUT2D eigenvalue weighted by Gasteiger charge is -2.57. The number of carbonyl (C=O) groups is 3. The minimum Gasteiger partial charge on any atom is -0.458 e. The van der Waals surface area contributed by atoms with Gasteiger partial charge in [0.05, 0.1) is 0 Å². The lowest BCUT2D eigenvalue weighted by molar-refractivity contribution is -0.151. The van der Waals surface area contributed by atoms with E-state index in [0.29, 0.717) is 24.0 Å². The van der Waals surface area contributed by atoms with Crippen molar-refractivity contribution < 1.29 is 19.1 Å². The van der Waals surface area contributed by atoms with Crippen molar-refractivity contribution in [3.05, 3.63) is 11.6 Å². The van der Waals surface area contributed by atoms with Crippen LogP contribution in [-0.4, -0.2) is 23.6 Å². The van der Waals surface area contributed by atoms with Crippen LogP contribution in [-0.2, 0) is 19.1 Å². The first-order chi connectivity index (χ1) is 12.7. The average Bonchev–Trinajstić information content (AvgIpc) is 2.91.